The van der Waals surface area contributed by atoms with E-state index in [1.165, 1.54) is 17.1 Å². The number of nitrogens with one attached hydrogen (secondary N) is 1. The van der Waals surface area contributed by atoms with Gasteiger partial charge < -0.3 is 5.32 Å². The molecule has 0 bridgehead atoms. The van der Waals surface area contributed by atoms with Crippen molar-refractivity contribution < 1.29 is 9.18 Å². The first kappa shape index (κ1) is 14.8. The van der Waals surface area contributed by atoms with Crippen molar-refractivity contribution in [2.24, 2.45) is 0 Å². The van der Waals surface area contributed by atoms with E-state index < -0.39 is 0 Å². The molecule has 1 aromatic heterocycles. The molecular formula is C16H14FN5O. The van der Waals surface area contributed by atoms with Crippen LogP contribution < -0.4 is 5.32 Å². The highest BCUT2D eigenvalue weighted by molar-refractivity contribution is 5.93. The van der Waals surface area contributed by atoms with Gasteiger partial charge in [0.1, 0.15) is 12.1 Å². The van der Waals surface area contributed by atoms with Gasteiger partial charge in [-0.25, -0.2) is 9.07 Å². The van der Waals surface area contributed by atoms with Crippen LogP contribution in [-0.2, 0) is 11.2 Å². The fourth-order valence-corrected chi connectivity index (χ4v) is 2.29. The molecule has 0 radical (unpaired) electrons. The topological polar surface area (TPSA) is 72.7 Å². The van der Waals surface area contributed by atoms with Crippen molar-refractivity contribution in [1.82, 2.24) is 20.2 Å². The van der Waals surface area contributed by atoms with Crippen LogP contribution in [0.2, 0.25) is 0 Å². The van der Waals surface area contributed by atoms with E-state index in [9.17, 15) is 9.18 Å². The molecule has 0 aliphatic rings. The lowest BCUT2D eigenvalue weighted by Crippen LogP contribution is -2.16. The molecule has 6 nitrogen and oxygen atoms in total. The molecule has 0 unspecified atom stereocenters. The number of hydrogen-bond donors (Lipinski definition) is 1. The lowest BCUT2D eigenvalue weighted by Gasteiger charge is -2.12. The summed E-state index contributed by atoms with van der Waals surface area (Å²) in [4.78, 5) is 12.2. The Hall–Kier alpha value is -3.09. The summed E-state index contributed by atoms with van der Waals surface area (Å²) in [6.07, 6.45) is 1.45. The predicted molar refractivity (Wildman–Crippen MR) is 82.6 cm³/mol. The maximum absolute atomic E-state index is 13.6. The summed E-state index contributed by atoms with van der Waals surface area (Å²) >= 11 is 0. The fraction of sp³-hybridized carbons (Fsp3) is 0.125. The highest BCUT2D eigenvalue weighted by atomic mass is 19.1. The second-order valence-electron chi connectivity index (χ2n) is 5.02. The quantitative estimate of drug-likeness (QED) is 0.802. The minimum absolute atomic E-state index is 0.0266. The van der Waals surface area contributed by atoms with Gasteiger partial charge in [0, 0.05) is 5.69 Å². The van der Waals surface area contributed by atoms with Crippen molar-refractivity contribution in [1.29, 1.82) is 0 Å². The van der Waals surface area contributed by atoms with Crippen LogP contribution in [0, 0.1) is 12.7 Å². The minimum Gasteiger partial charge on any atom is -0.325 e. The number of amides is 1. The lowest BCUT2D eigenvalue weighted by atomic mass is 10.1. The lowest BCUT2D eigenvalue weighted by molar-refractivity contribution is -0.115. The molecular weight excluding hydrogens is 297 g/mol. The molecule has 1 heterocycles. The van der Waals surface area contributed by atoms with Crippen molar-refractivity contribution in [3.8, 4) is 5.69 Å². The molecule has 0 spiro atoms. The number of tetrazole rings is 1. The second-order valence-corrected chi connectivity index (χ2v) is 5.02. The maximum atomic E-state index is 13.6. The third-order valence-corrected chi connectivity index (χ3v) is 3.48. The number of rotatable bonds is 4. The molecule has 3 aromatic rings. The van der Waals surface area contributed by atoms with Gasteiger partial charge in [0.15, 0.2) is 0 Å². The number of anilines is 1. The van der Waals surface area contributed by atoms with Crippen LogP contribution in [0.5, 0.6) is 0 Å². The van der Waals surface area contributed by atoms with Gasteiger partial charge in [0.2, 0.25) is 5.91 Å². The van der Waals surface area contributed by atoms with Crippen molar-refractivity contribution in [3.63, 3.8) is 0 Å². The van der Waals surface area contributed by atoms with Crippen LogP contribution in [0.25, 0.3) is 5.69 Å². The first-order valence-electron chi connectivity index (χ1n) is 7.01. The number of halogens is 1. The summed E-state index contributed by atoms with van der Waals surface area (Å²) in [5.41, 5.74) is 2.58. The average Bonchev–Trinajstić information content (AvgIpc) is 3.06. The Morgan fingerprint density at radius 2 is 2.04 bits per heavy atom. The maximum Gasteiger partial charge on any atom is 0.228 e. The highest BCUT2D eigenvalue weighted by Crippen LogP contribution is 2.21. The van der Waals surface area contributed by atoms with Gasteiger partial charge in [-0.05, 0) is 46.7 Å². The van der Waals surface area contributed by atoms with E-state index >= 15 is 0 Å². The van der Waals surface area contributed by atoms with Crippen LogP contribution in [-0.4, -0.2) is 26.1 Å². The van der Waals surface area contributed by atoms with Gasteiger partial charge in [-0.2, -0.15) is 0 Å². The Morgan fingerprint density at radius 3 is 2.78 bits per heavy atom. The minimum atomic E-state index is -0.387. The monoisotopic (exact) mass is 311 g/mol. The van der Waals surface area contributed by atoms with Crippen LogP contribution in [0.15, 0.2) is 48.8 Å². The molecule has 0 aliphatic carbocycles. The SMILES string of the molecule is Cc1c(NC(=O)Cc2ccccc2F)cccc1-n1cnnn1. The molecule has 7 heteroatoms. The number of carbonyl (C=O) groups excluding carboxylic acids is 1. The van der Waals surface area contributed by atoms with E-state index in [2.05, 4.69) is 20.8 Å². The largest absolute Gasteiger partial charge is 0.325 e. The zero-order valence-electron chi connectivity index (χ0n) is 12.4. The van der Waals surface area contributed by atoms with E-state index in [0.29, 0.717) is 11.3 Å². The molecule has 3 rings (SSSR count). The number of nitrogens with zero attached hydrogens (tertiary/aromatic N) is 4. The zero-order valence-corrected chi connectivity index (χ0v) is 12.4. The molecule has 0 atom stereocenters. The summed E-state index contributed by atoms with van der Waals surface area (Å²) < 4.78 is 15.1. The van der Waals surface area contributed by atoms with Crippen LogP contribution in [0.1, 0.15) is 11.1 Å². The van der Waals surface area contributed by atoms with Gasteiger partial charge in [-0.15, -0.1) is 5.10 Å². The van der Waals surface area contributed by atoms with Gasteiger partial charge in [-0.1, -0.05) is 24.3 Å². The molecule has 1 N–H and O–H groups in total. The van der Waals surface area contributed by atoms with E-state index in [0.717, 1.165) is 11.3 Å². The van der Waals surface area contributed by atoms with Crippen molar-refractivity contribution in [3.05, 3.63) is 65.7 Å². The molecule has 0 fully saturated rings. The molecule has 1 amide bonds. The Balaban J connectivity index is 1.79. The summed E-state index contributed by atoms with van der Waals surface area (Å²) in [5.74, 6) is -0.672. The first-order valence-corrected chi connectivity index (χ1v) is 7.01. The van der Waals surface area contributed by atoms with Gasteiger partial charge >= 0.3 is 0 Å². The van der Waals surface area contributed by atoms with E-state index in [4.69, 9.17) is 0 Å². The zero-order chi connectivity index (χ0) is 16.2. The summed E-state index contributed by atoms with van der Waals surface area (Å²) in [5, 5.41) is 13.8. The van der Waals surface area contributed by atoms with E-state index in [-0.39, 0.29) is 18.1 Å². The smallest absolute Gasteiger partial charge is 0.228 e. The summed E-state index contributed by atoms with van der Waals surface area (Å²) in [6, 6.07) is 11.7. The number of carbonyl (C=O) groups is 1. The molecule has 23 heavy (non-hydrogen) atoms. The van der Waals surface area contributed by atoms with Crippen LogP contribution >= 0.6 is 0 Å². The Kier molecular flexibility index (Phi) is 4.09. The summed E-state index contributed by atoms with van der Waals surface area (Å²) in [6.45, 7) is 1.86. The van der Waals surface area contributed by atoms with Crippen molar-refractivity contribution in [2.75, 3.05) is 5.32 Å². The van der Waals surface area contributed by atoms with Gasteiger partial charge in [0.25, 0.3) is 0 Å². The third kappa shape index (κ3) is 3.23. The Morgan fingerprint density at radius 1 is 1.22 bits per heavy atom. The van der Waals surface area contributed by atoms with Crippen LogP contribution in [0.4, 0.5) is 10.1 Å². The number of hydrogen-bond acceptors (Lipinski definition) is 4. The molecule has 0 aliphatic heterocycles. The van der Waals surface area contributed by atoms with Gasteiger partial charge in [0.05, 0.1) is 12.1 Å². The third-order valence-electron chi connectivity index (χ3n) is 3.48. The van der Waals surface area contributed by atoms with E-state index in [1.54, 1.807) is 30.3 Å². The average molecular weight is 311 g/mol. The Labute approximate surface area is 132 Å². The van der Waals surface area contributed by atoms with Gasteiger partial charge in [-0.3, -0.25) is 4.79 Å². The second kappa shape index (κ2) is 6.35. The normalized spacial score (nSPS) is 10.5. The molecule has 0 saturated carbocycles. The highest BCUT2D eigenvalue weighted by Gasteiger charge is 2.11. The Bertz CT molecular complexity index is 832. The fourth-order valence-electron chi connectivity index (χ4n) is 2.29. The van der Waals surface area contributed by atoms with Crippen molar-refractivity contribution in [2.45, 2.75) is 13.3 Å². The van der Waals surface area contributed by atoms with E-state index in [1.807, 2.05) is 13.0 Å². The number of aromatic nitrogens is 4. The number of benzene rings is 2. The summed E-state index contributed by atoms with van der Waals surface area (Å²) in [7, 11) is 0. The van der Waals surface area contributed by atoms with Crippen LogP contribution in [0.3, 0.4) is 0 Å². The molecule has 0 saturated heterocycles. The first-order chi connectivity index (χ1) is 11.1. The molecule has 2 aromatic carbocycles. The standard InChI is InChI=1S/C16H14FN5O/c1-11-14(7-4-8-15(11)22-10-18-20-21-22)19-16(23)9-12-5-2-3-6-13(12)17/h2-8,10H,9H2,1H3,(H,19,23). The predicted octanol–water partition coefficient (Wildman–Crippen LogP) is 2.29. The van der Waals surface area contributed by atoms with Crippen molar-refractivity contribution >= 4 is 11.6 Å². The molecule has 116 valence electrons.